The molecular formula is C21H26N2O3S. The fraction of sp³-hybridized carbons (Fsp3) is 0.381. The molecule has 144 valence electrons. The summed E-state index contributed by atoms with van der Waals surface area (Å²) in [6, 6.07) is 13.8. The summed E-state index contributed by atoms with van der Waals surface area (Å²) in [4.78, 5) is 14.8. The van der Waals surface area contributed by atoms with Gasteiger partial charge in [-0.3, -0.25) is 0 Å². The highest BCUT2D eigenvalue weighted by atomic mass is 32.2. The monoisotopic (exact) mass is 386 g/mol. The summed E-state index contributed by atoms with van der Waals surface area (Å²) in [5.74, 6) is 2.68. The van der Waals surface area contributed by atoms with E-state index < -0.39 is 0 Å². The second kappa shape index (κ2) is 8.57. The zero-order chi connectivity index (χ0) is 19.4. The SMILES string of the molecule is COc1ccc(NC(=O)N2CCS[C@H]2c2ccc(C(C)C)cc2)c(OC)c1. The van der Waals surface area contributed by atoms with Gasteiger partial charge in [0.1, 0.15) is 16.9 Å². The molecule has 27 heavy (non-hydrogen) atoms. The van der Waals surface area contributed by atoms with Crippen LogP contribution in [-0.2, 0) is 0 Å². The average molecular weight is 387 g/mol. The first-order chi connectivity index (χ1) is 13.0. The van der Waals surface area contributed by atoms with E-state index in [1.54, 1.807) is 44.2 Å². The molecule has 3 rings (SSSR count). The van der Waals surface area contributed by atoms with E-state index in [-0.39, 0.29) is 11.4 Å². The predicted octanol–water partition coefficient (Wildman–Crippen LogP) is 5.11. The van der Waals surface area contributed by atoms with E-state index in [1.807, 2.05) is 4.90 Å². The van der Waals surface area contributed by atoms with E-state index in [0.717, 1.165) is 11.3 Å². The Morgan fingerprint density at radius 1 is 1.15 bits per heavy atom. The molecule has 2 amide bonds. The molecule has 1 fully saturated rings. The number of ether oxygens (including phenoxy) is 2. The number of nitrogens with zero attached hydrogens (tertiary/aromatic N) is 1. The Labute approximate surface area is 165 Å². The third-order valence-corrected chi connectivity index (χ3v) is 5.95. The first kappa shape index (κ1) is 19.4. The highest BCUT2D eigenvalue weighted by molar-refractivity contribution is 7.99. The lowest BCUT2D eigenvalue weighted by atomic mass is 10.0. The van der Waals surface area contributed by atoms with Crippen LogP contribution in [0.25, 0.3) is 0 Å². The van der Waals surface area contributed by atoms with E-state index >= 15 is 0 Å². The Balaban J connectivity index is 1.76. The lowest BCUT2D eigenvalue weighted by molar-refractivity contribution is 0.214. The van der Waals surface area contributed by atoms with Gasteiger partial charge in [-0.05, 0) is 29.2 Å². The van der Waals surface area contributed by atoms with Crippen molar-refractivity contribution < 1.29 is 14.3 Å². The zero-order valence-corrected chi connectivity index (χ0v) is 17.0. The van der Waals surface area contributed by atoms with Gasteiger partial charge in [0.15, 0.2) is 0 Å². The number of anilines is 1. The standard InChI is InChI=1S/C21H26N2O3S/c1-14(2)15-5-7-16(8-6-15)20-23(11-12-27-20)21(24)22-18-10-9-17(25-3)13-19(18)26-4/h5-10,13-14,20H,11-12H2,1-4H3,(H,22,24)/t20-/m0/s1. The molecule has 1 heterocycles. The van der Waals surface area contributed by atoms with Crippen molar-refractivity contribution in [2.45, 2.75) is 25.1 Å². The fourth-order valence-corrected chi connectivity index (χ4v) is 4.34. The van der Waals surface area contributed by atoms with Gasteiger partial charge in [-0.2, -0.15) is 0 Å². The quantitative estimate of drug-likeness (QED) is 0.776. The van der Waals surface area contributed by atoms with Crippen LogP contribution in [0.3, 0.4) is 0 Å². The molecule has 5 nitrogen and oxygen atoms in total. The van der Waals surface area contributed by atoms with Gasteiger partial charge in [-0.1, -0.05) is 38.1 Å². The average Bonchev–Trinajstić information content (AvgIpc) is 3.18. The molecule has 0 aromatic heterocycles. The van der Waals surface area contributed by atoms with Crippen LogP contribution in [0, 0.1) is 0 Å². The number of hydrogen-bond acceptors (Lipinski definition) is 4. The summed E-state index contributed by atoms with van der Waals surface area (Å²) >= 11 is 1.79. The van der Waals surface area contributed by atoms with Crippen LogP contribution < -0.4 is 14.8 Å². The maximum atomic E-state index is 12.9. The number of carbonyl (C=O) groups is 1. The van der Waals surface area contributed by atoms with E-state index in [2.05, 4.69) is 43.4 Å². The number of amides is 2. The number of rotatable bonds is 5. The van der Waals surface area contributed by atoms with Gasteiger partial charge >= 0.3 is 6.03 Å². The van der Waals surface area contributed by atoms with Gasteiger partial charge in [0.2, 0.25) is 0 Å². The van der Waals surface area contributed by atoms with Crippen LogP contribution in [0.2, 0.25) is 0 Å². The molecule has 1 aliphatic heterocycles. The van der Waals surface area contributed by atoms with Crippen LogP contribution in [0.15, 0.2) is 42.5 Å². The minimum atomic E-state index is -0.124. The van der Waals surface area contributed by atoms with Gasteiger partial charge in [0, 0.05) is 18.4 Å². The number of benzene rings is 2. The van der Waals surface area contributed by atoms with Crippen molar-refractivity contribution in [2.75, 3.05) is 31.8 Å². The first-order valence-corrected chi connectivity index (χ1v) is 10.1. The van der Waals surface area contributed by atoms with Gasteiger partial charge in [-0.15, -0.1) is 11.8 Å². The lowest BCUT2D eigenvalue weighted by Crippen LogP contribution is -2.34. The molecule has 0 unspecified atom stereocenters. The molecule has 2 aromatic rings. The van der Waals surface area contributed by atoms with Crippen molar-refractivity contribution in [1.29, 1.82) is 0 Å². The van der Waals surface area contributed by atoms with Crippen molar-refractivity contribution >= 4 is 23.5 Å². The fourth-order valence-electron chi connectivity index (χ4n) is 3.09. The Bertz CT molecular complexity index is 793. The molecule has 0 spiro atoms. The van der Waals surface area contributed by atoms with E-state index in [1.165, 1.54) is 5.56 Å². The number of methoxy groups -OCH3 is 2. The van der Waals surface area contributed by atoms with Crippen molar-refractivity contribution in [3.63, 3.8) is 0 Å². The molecule has 1 N–H and O–H groups in total. The summed E-state index contributed by atoms with van der Waals surface area (Å²) in [6.45, 7) is 5.08. The van der Waals surface area contributed by atoms with E-state index in [0.29, 0.717) is 29.6 Å². The molecule has 0 radical (unpaired) electrons. The van der Waals surface area contributed by atoms with Gasteiger partial charge in [0.05, 0.1) is 19.9 Å². The maximum absolute atomic E-state index is 12.9. The van der Waals surface area contributed by atoms with Crippen molar-refractivity contribution in [3.05, 3.63) is 53.6 Å². The van der Waals surface area contributed by atoms with Crippen LogP contribution >= 0.6 is 11.8 Å². The third kappa shape index (κ3) is 4.33. The first-order valence-electron chi connectivity index (χ1n) is 9.04. The third-order valence-electron chi connectivity index (χ3n) is 4.69. The van der Waals surface area contributed by atoms with Crippen LogP contribution in [0.5, 0.6) is 11.5 Å². The summed E-state index contributed by atoms with van der Waals surface area (Å²) in [5, 5.41) is 3.00. The molecule has 2 aromatic carbocycles. The Morgan fingerprint density at radius 2 is 1.89 bits per heavy atom. The maximum Gasteiger partial charge on any atom is 0.323 e. The van der Waals surface area contributed by atoms with E-state index in [4.69, 9.17) is 9.47 Å². The minimum Gasteiger partial charge on any atom is -0.497 e. The molecule has 1 atom stereocenters. The van der Waals surface area contributed by atoms with Crippen molar-refractivity contribution in [3.8, 4) is 11.5 Å². The molecule has 1 aliphatic rings. The Morgan fingerprint density at radius 3 is 2.52 bits per heavy atom. The summed E-state index contributed by atoms with van der Waals surface area (Å²) in [6.07, 6.45) is 0. The minimum absolute atomic E-state index is 0.0236. The smallest absolute Gasteiger partial charge is 0.323 e. The highest BCUT2D eigenvalue weighted by Gasteiger charge is 2.31. The zero-order valence-electron chi connectivity index (χ0n) is 16.2. The molecule has 0 bridgehead atoms. The Kier molecular flexibility index (Phi) is 6.16. The van der Waals surface area contributed by atoms with E-state index in [9.17, 15) is 4.79 Å². The number of carbonyl (C=O) groups excluding carboxylic acids is 1. The number of urea groups is 1. The molecule has 6 heteroatoms. The van der Waals surface area contributed by atoms with Crippen LogP contribution in [-0.4, -0.2) is 37.4 Å². The summed E-state index contributed by atoms with van der Waals surface area (Å²) < 4.78 is 10.6. The Hall–Kier alpha value is -2.34. The van der Waals surface area contributed by atoms with Gasteiger partial charge in [-0.25, -0.2) is 4.79 Å². The lowest BCUT2D eigenvalue weighted by Gasteiger charge is -2.25. The molecular weight excluding hydrogens is 360 g/mol. The summed E-state index contributed by atoms with van der Waals surface area (Å²) in [7, 11) is 3.18. The second-order valence-electron chi connectivity index (χ2n) is 6.73. The number of nitrogens with one attached hydrogen (secondary N) is 1. The topological polar surface area (TPSA) is 50.8 Å². The second-order valence-corrected chi connectivity index (χ2v) is 7.92. The highest BCUT2D eigenvalue weighted by Crippen LogP contribution is 2.39. The van der Waals surface area contributed by atoms with Crippen LogP contribution in [0.1, 0.15) is 36.3 Å². The summed E-state index contributed by atoms with van der Waals surface area (Å²) in [5.41, 5.74) is 3.09. The predicted molar refractivity (Wildman–Crippen MR) is 111 cm³/mol. The van der Waals surface area contributed by atoms with Crippen molar-refractivity contribution in [2.24, 2.45) is 0 Å². The molecule has 0 aliphatic carbocycles. The normalized spacial score (nSPS) is 16.5. The number of hydrogen-bond donors (Lipinski definition) is 1. The number of thioether (sulfide) groups is 1. The largest absolute Gasteiger partial charge is 0.497 e. The van der Waals surface area contributed by atoms with Crippen molar-refractivity contribution in [1.82, 2.24) is 4.90 Å². The van der Waals surface area contributed by atoms with Gasteiger partial charge < -0.3 is 19.7 Å². The molecule has 0 saturated carbocycles. The van der Waals surface area contributed by atoms with Gasteiger partial charge in [0.25, 0.3) is 0 Å². The molecule has 1 saturated heterocycles. The van der Waals surface area contributed by atoms with Crippen LogP contribution in [0.4, 0.5) is 10.5 Å².